The van der Waals surface area contributed by atoms with E-state index in [9.17, 15) is 4.57 Å². The summed E-state index contributed by atoms with van der Waals surface area (Å²) in [5, 5.41) is 1.85. The van der Waals surface area contributed by atoms with Crippen LogP contribution in [-0.2, 0) is 4.57 Å². The van der Waals surface area contributed by atoms with Crippen molar-refractivity contribution in [3.05, 3.63) is 73.3 Å². The molecule has 0 spiro atoms. The maximum Gasteiger partial charge on any atom is 0.155 e. The Morgan fingerprint density at radius 2 is 1.50 bits per heavy atom. The molecular weight excluding hydrogens is 283 g/mol. The molecule has 0 heterocycles. The van der Waals surface area contributed by atoms with Crippen molar-refractivity contribution in [2.45, 2.75) is 11.4 Å². The summed E-state index contributed by atoms with van der Waals surface area (Å²) in [5.74, 6) is 0. The second-order valence-corrected chi connectivity index (χ2v) is 8.91. The van der Waals surface area contributed by atoms with Crippen molar-refractivity contribution < 1.29 is 4.57 Å². The van der Waals surface area contributed by atoms with Crippen molar-refractivity contribution in [1.82, 2.24) is 0 Å². The number of hydrogen-bond donors (Lipinski definition) is 0. The van der Waals surface area contributed by atoms with E-state index in [-0.39, 0.29) is 4.99 Å². The molecule has 0 aliphatic rings. The molecule has 1 atom stereocenters. The summed E-state index contributed by atoms with van der Waals surface area (Å²) in [6.45, 7) is 3.81. The van der Waals surface area contributed by atoms with Crippen LogP contribution in [0.25, 0.3) is 0 Å². The number of benzene rings is 2. The number of hydrogen-bond acceptors (Lipinski definition) is 2. The van der Waals surface area contributed by atoms with E-state index >= 15 is 0 Å². The van der Waals surface area contributed by atoms with Crippen molar-refractivity contribution in [3.8, 4) is 0 Å². The normalized spacial score (nSPS) is 12.8. The molecule has 0 bridgehead atoms. The first-order valence-electron chi connectivity index (χ1n) is 6.58. The standard InChI is InChI=1S/C17H19OPS/c1-3-10-17(20-2)19(18,15-11-6-4-7-12-15)16-13-8-5-9-14-16/h3-9,11-14,17H,1,10H2,2H3. The molecule has 0 N–H and O–H groups in total. The van der Waals surface area contributed by atoms with Gasteiger partial charge in [0.15, 0.2) is 7.14 Å². The van der Waals surface area contributed by atoms with Gasteiger partial charge in [-0.05, 0) is 12.7 Å². The smallest absolute Gasteiger partial charge is 0.155 e. The molecule has 0 saturated heterocycles. The fraction of sp³-hybridized carbons (Fsp3) is 0.176. The van der Waals surface area contributed by atoms with Gasteiger partial charge in [-0.1, -0.05) is 66.7 Å². The second kappa shape index (κ2) is 6.97. The van der Waals surface area contributed by atoms with Crippen LogP contribution in [0.3, 0.4) is 0 Å². The van der Waals surface area contributed by atoms with E-state index in [0.717, 1.165) is 17.0 Å². The van der Waals surface area contributed by atoms with Crippen molar-refractivity contribution in [3.63, 3.8) is 0 Å². The van der Waals surface area contributed by atoms with Crippen molar-refractivity contribution in [1.29, 1.82) is 0 Å². The van der Waals surface area contributed by atoms with Crippen LogP contribution in [-0.4, -0.2) is 11.2 Å². The zero-order chi connectivity index (χ0) is 14.4. The summed E-state index contributed by atoms with van der Waals surface area (Å²) >= 11 is 1.66. The quantitative estimate of drug-likeness (QED) is 0.585. The van der Waals surface area contributed by atoms with Crippen molar-refractivity contribution in [2.75, 3.05) is 6.26 Å². The molecule has 20 heavy (non-hydrogen) atoms. The molecule has 1 unspecified atom stereocenters. The van der Waals surface area contributed by atoms with Crippen LogP contribution in [0.1, 0.15) is 6.42 Å². The van der Waals surface area contributed by atoms with Crippen LogP contribution in [0, 0.1) is 0 Å². The zero-order valence-electron chi connectivity index (χ0n) is 11.6. The van der Waals surface area contributed by atoms with Gasteiger partial charge >= 0.3 is 0 Å². The highest BCUT2D eigenvalue weighted by molar-refractivity contribution is 8.08. The predicted molar refractivity (Wildman–Crippen MR) is 91.9 cm³/mol. The molecule has 0 aromatic heterocycles. The Bertz CT molecular complexity index is 551. The third kappa shape index (κ3) is 2.92. The summed E-state index contributed by atoms with van der Waals surface area (Å²) in [7, 11) is -2.66. The third-order valence-corrected chi connectivity index (χ3v) is 8.74. The summed E-state index contributed by atoms with van der Waals surface area (Å²) in [6.07, 6.45) is 4.62. The molecular formula is C17H19OPS. The summed E-state index contributed by atoms with van der Waals surface area (Å²) in [5.41, 5.74) is 0. The highest BCUT2D eigenvalue weighted by atomic mass is 32.2. The van der Waals surface area contributed by atoms with Crippen LogP contribution in [0.2, 0.25) is 0 Å². The fourth-order valence-corrected chi connectivity index (χ4v) is 7.20. The SMILES string of the molecule is C=CCC(SC)P(=O)(c1ccccc1)c1ccccc1. The first-order chi connectivity index (χ1) is 9.73. The van der Waals surface area contributed by atoms with Gasteiger partial charge < -0.3 is 4.57 Å². The molecule has 0 aliphatic carbocycles. The van der Waals surface area contributed by atoms with Gasteiger partial charge in [0.1, 0.15) is 0 Å². The fourth-order valence-electron chi connectivity index (χ4n) is 2.32. The Morgan fingerprint density at radius 1 is 1.05 bits per heavy atom. The summed E-state index contributed by atoms with van der Waals surface area (Å²) in [4.78, 5) is 0.0322. The van der Waals surface area contributed by atoms with E-state index in [1.165, 1.54) is 0 Å². The molecule has 0 aliphatic heterocycles. The van der Waals surface area contributed by atoms with Crippen LogP contribution in [0.15, 0.2) is 73.3 Å². The lowest BCUT2D eigenvalue weighted by molar-refractivity contribution is 0.585. The maximum absolute atomic E-state index is 13.9. The minimum Gasteiger partial charge on any atom is -0.312 e. The van der Waals surface area contributed by atoms with Crippen LogP contribution < -0.4 is 10.6 Å². The monoisotopic (exact) mass is 302 g/mol. The van der Waals surface area contributed by atoms with Crippen molar-refractivity contribution in [2.24, 2.45) is 0 Å². The topological polar surface area (TPSA) is 17.1 Å². The average molecular weight is 302 g/mol. The molecule has 2 rings (SSSR count). The van der Waals surface area contributed by atoms with E-state index in [0.29, 0.717) is 0 Å². The Labute approximate surface area is 125 Å². The lowest BCUT2D eigenvalue weighted by Gasteiger charge is -2.26. The largest absolute Gasteiger partial charge is 0.312 e. The number of thioether (sulfide) groups is 1. The van der Waals surface area contributed by atoms with Crippen molar-refractivity contribution >= 4 is 29.5 Å². The minimum absolute atomic E-state index is 0.0322. The maximum atomic E-state index is 13.9. The Kier molecular flexibility index (Phi) is 5.28. The molecule has 2 aromatic carbocycles. The number of rotatable bonds is 6. The molecule has 104 valence electrons. The average Bonchev–Trinajstić information content (AvgIpc) is 2.53. The van der Waals surface area contributed by atoms with E-state index < -0.39 is 7.14 Å². The molecule has 0 radical (unpaired) electrons. The summed E-state index contributed by atoms with van der Waals surface area (Å²) in [6, 6.07) is 19.6. The van der Waals surface area contributed by atoms with Gasteiger partial charge in [-0.2, -0.15) is 11.8 Å². The Morgan fingerprint density at radius 3 is 1.85 bits per heavy atom. The van der Waals surface area contributed by atoms with Gasteiger partial charge in [-0.25, -0.2) is 0 Å². The molecule has 2 aromatic rings. The molecule has 0 saturated carbocycles. The molecule has 3 heteroatoms. The van der Waals surface area contributed by atoms with Crippen LogP contribution in [0.5, 0.6) is 0 Å². The summed E-state index contributed by atoms with van der Waals surface area (Å²) < 4.78 is 13.9. The lowest BCUT2D eigenvalue weighted by Crippen LogP contribution is -2.23. The van der Waals surface area contributed by atoms with E-state index in [1.807, 2.05) is 73.0 Å². The Balaban J connectivity index is 2.60. The van der Waals surface area contributed by atoms with Gasteiger partial charge in [-0.15, -0.1) is 6.58 Å². The first-order valence-corrected chi connectivity index (χ1v) is 9.64. The van der Waals surface area contributed by atoms with Crippen LogP contribution in [0.4, 0.5) is 0 Å². The van der Waals surface area contributed by atoms with E-state index in [1.54, 1.807) is 11.8 Å². The molecule has 0 amide bonds. The van der Waals surface area contributed by atoms with Gasteiger partial charge in [-0.3, -0.25) is 0 Å². The van der Waals surface area contributed by atoms with E-state index in [2.05, 4.69) is 6.58 Å². The minimum atomic E-state index is -2.66. The molecule has 1 nitrogen and oxygen atoms in total. The Hall–Kier alpha value is -1.24. The third-order valence-electron chi connectivity index (χ3n) is 3.33. The highest BCUT2D eigenvalue weighted by Gasteiger charge is 2.35. The highest BCUT2D eigenvalue weighted by Crippen LogP contribution is 2.53. The van der Waals surface area contributed by atoms with E-state index in [4.69, 9.17) is 0 Å². The molecule has 0 fully saturated rings. The van der Waals surface area contributed by atoms with Gasteiger partial charge in [0.2, 0.25) is 0 Å². The number of allylic oxidation sites excluding steroid dienone is 1. The predicted octanol–water partition coefficient (Wildman–Crippen LogP) is 4.27. The first kappa shape index (κ1) is 15.2. The van der Waals surface area contributed by atoms with Gasteiger partial charge in [0.05, 0.1) is 4.99 Å². The second-order valence-electron chi connectivity index (χ2n) is 4.54. The van der Waals surface area contributed by atoms with Gasteiger partial charge in [0.25, 0.3) is 0 Å². The van der Waals surface area contributed by atoms with Gasteiger partial charge in [0, 0.05) is 10.6 Å². The zero-order valence-corrected chi connectivity index (χ0v) is 13.3. The lowest BCUT2D eigenvalue weighted by atomic mass is 10.4. The van der Waals surface area contributed by atoms with Crippen LogP contribution >= 0.6 is 18.9 Å².